The number of para-hydroxylation sites is 1. The molecule has 2 N–H and O–H groups in total. The highest BCUT2D eigenvalue weighted by molar-refractivity contribution is 6.09. The van der Waals surface area contributed by atoms with Crippen molar-refractivity contribution in [2.75, 3.05) is 5.32 Å². The topological polar surface area (TPSA) is 85.0 Å². The number of anilines is 1. The highest BCUT2D eigenvalue weighted by Crippen LogP contribution is 2.37. The quantitative estimate of drug-likeness (QED) is 0.354. The molecule has 0 aliphatic carbocycles. The Hall–Kier alpha value is -4.44. The number of benzene rings is 3. The second kappa shape index (κ2) is 8.97. The molecule has 36 heavy (non-hydrogen) atoms. The van der Waals surface area contributed by atoms with Crippen molar-refractivity contribution in [1.29, 1.82) is 0 Å². The standard InChI is InChI=1S/C26H20F3N5O2/c1-33-12-11-23(31-33)19-14-17(8-9-21(19)26(27,28)29)25(36)30-24-20-13-16(15-35)7-10-22(20)32-34(24)18-5-3-2-4-6-18/h2-14,35H,15H2,1H3,(H,30,36). The van der Waals surface area contributed by atoms with Crippen LogP contribution in [0, 0.1) is 0 Å². The largest absolute Gasteiger partial charge is 0.417 e. The van der Waals surface area contributed by atoms with Crippen LogP contribution in [0.1, 0.15) is 21.5 Å². The van der Waals surface area contributed by atoms with Crippen LogP contribution in [-0.4, -0.2) is 30.6 Å². The van der Waals surface area contributed by atoms with E-state index in [1.54, 1.807) is 29.9 Å². The van der Waals surface area contributed by atoms with E-state index in [2.05, 4.69) is 15.5 Å². The first kappa shape index (κ1) is 23.3. The Morgan fingerprint density at radius 2 is 1.78 bits per heavy atom. The third-order valence-electron chi connectivity index (χ3n) is 5.73. The van der Waals surface area contributed by atoms with E-state index in [0.29, 0.717) is 28.0 Å². The van der Waals surface area contributed by atoms with Gasteiger partial charge < -0.3 is 10.4 Å². The maximum atomic E-state index is 13.7. The van der Waals surface area contributed by atoms with Crippen LogP contribution in [0.2, 0.25) is 0 Å². The minimum absolute atomic E-state index is 0.0240. The lowest BCUT2D eigenvalue weighted by Crippen LogP contribution is -2.16. The van der Waals surface area contributed by atoms with Crippen LogP contribution in [0.15, 0.2) is 79.0 Å². The Morgan fingerprint density at radius 1 is 1.00 bits per heavy atom. The van der Waals surface area contributed by atoms with Crippen molar-refractivity contribution >= 4 is 22.6 Å². The third kappa shape index (κ3) is 4.34. The zero-order chi connectivity index (χ0) is 25.4. The van der Waals surface area contributed by atoms with Crippen molar-refractivity contribution in [2.45, 2.75) is 12.8 Å². The summed E-state index contributed by atoms with van der Waals surface area (Å²) in [6, 6.07) is 18.9. The van der Waals surface area contributed by atoms with E-state index in [1.807, 2.05) is 30.3 Å². The van der Waals surface area contributed by atoms with Gasteiger partial charge >= 0.3 is 6.18 Å². The molecule has 3 aromatic carbocycles. The Bertz CT molecular complexity index is 1570. The highest BCUT2D eigenvalue weighted by atomic mass is 19.4. The van der Waals surface area contributed by atoms with E-state index in [-0.39, 0.29) is 23.4 Å². The summed E-state index contributed by atoms with van der Waals surface area (Å²) >= 11 is 0. The molecule has 5 rings (SSSR count). The van der Waals surface area contributed by atoms with Crippen molar-refractivity contribution in [3.8, 4) is 16.9 Å². The minimum Gasteiger partial charge on any atom is -0.392 e. The zero-order valence-corrected chi connectivity index (χ0v) is 19.0. The summed E-state index contributed by atoms with van der Waals surface area (Å²) in [5.74, 6) is -0.287. The van der Waals surface area contributed by atoms with Crippen molar-refractivity contribution in [1.82, 2.24) is 19.6 Å². The molecule has 10 heteroatoms. The molecular formula is C26H20F3N5O2. The van der Waals surface area contributed by atoms with Gasteiger partial charge in [0.25, 0.3) is 5.91 Å². The lowest BCUT2D eigenvalue weighted by molar-refractivity contribution is -0.137. The van der Waals surface area contributed by atoms with Crippen LogP contribution in [-0.2, 0) is 19.8 Å². The van der Waals surface area contributed by atoms with Crippen LogP contribution in [0.4, 0.5) is 19.0 Å². The van der Waals surface area contributed by atoms with Gasteiger partial charge in [0.2, 0.25) is 0 Å². The number of carbonyl (C=O) groups is 1. The highest BCUT2D eigenvalue weighted by Gasteiger charge is 2.34. The molecule has 0 saturated heterocycles. The number of alkyl halides is 3. The van der Waals surface area contributed by atoms with Crippen LogP contribution in [0.25, 0.3) is 27.8 Å². The summed E-state index contributed by atoms with van der Waals surface area (Å²) in [5, 5.41) is 21.7. The average Bonchev–Trinajstić information content (AvgIpc) is 3.47. The van der Waals surface area contributed by atoms with Gasteiger partial charge in [-0.15, -0.1) is 0 Å². The van der Waals surface area contributed by atoms with Crippen molar-refractivity contribution < 1.29 is 23.1 Å². The lowest BCUT2D eigenvalue weighted by atomic mass is 10.0. The molecule has 7 nitrogen and oxygen atoms in total. The molecule has 0 saturated carbocycles. The summed E-state index contributed by atoms with van der Waals surface area (Å²) in [7, 11) is 1.60. The van der Waals surface area contributed by atoms with Gasteiger partial charge in [-0.3, -0.25) is 9.48 Å². The van der Waals surface area contributed by atoms with Gasteiger partial charge in [-0.2, -0.15) is 23.4 Å². The number of aromatic nitrogens is 4. The number of nitrogens with one attached hydrogen (secondary N) is 1. The molecule has 182 valence electrons. The predicted molar refractivity (Wildman–Crippen MR) is 129 cm³/mol. The number of amides is 1. The molecule has 1 amide bonds. The molecule has 0 spiro atoms. The average molecular weight is 491 g/mol. The van der Waals surface area contributed by atoms with Gasteiger partial charge in [-0.1, -0.05) is 24.3 Å². The second-order valence-corrected chi connectivity index (χ2v) is 8.19. The summed E-state index contributed by atoms with van der Waals surface area (Å²) in [6.45, 7) is -0.202. The van der Waals surface area contributed by atoms with Crippen molar-refractivity contribution in [3.05, 3.63) is 95.7 Å². The number of carbonyl (C=O) groups excluding carboxylic acids is 1. The number of aliphatic hydroxyl groups excluding tert-OH is 1. The maximum absolute atomic E-state index is 13.7. The fourth-order valence-corrected chi connectivity index (χ4v) is 3.99. The van der Waals surface area contributed by atoms with Gasteiger partial charge in [0.1, 0.15) is 5.82 Å². The number of nitrogens with zero attached hydrogens (tertiary/aromatic N) is 4. The van der Waals surface area contributed by atoms with Gasteiger partial charge in [0.05, 0.1) is 29.1 Å². The van der Waals surface area contributed by atoms with Crippen molar-refractivity contribution in [3.63, 3.8) is 0 Å². The Balaban J connectivity index is 1.60. The van der Waals surface area contributed by atoms with E-state index in [9.17, 15) is 23.1 Å². The molecular weight excluding hydrogens is 471 g/mol. The number of aryl methyl sites for hydroxylation is 1. The summed E-state index contributed by atoms with van der Waals surface area (Å²) in [6.07, 6.45) is -3.09. The number of fused-ring (bicyclic) bond motifs is 1. The van der Waals surface area contributed by atoms with E-state index in [4.69, 9.17) is 0 Å². The predicted octanol–water partition coefficient (Wildman–Crippen LogP) is 5.19. The lowest BCUT2D eigenvalue weighted by Gasteiger charge is -2.14. The molecule has 0 bridgehead atoms. The molecule has 0 aliphatic heterocycles. The molecule has 0 unspecified atom stereocenters. The number of aliphatic hydroxyl groups is 1. The Morgan fingerprint density at radius 3 is 2.44 bits per heavy atom. The van der Waals surface area contributed by atoms with Crippen molar-refractivity contribution in [2.24, 2.45) is 7.05 Å². The van der Waals surface area contributed by atoms with Gasteiger partial charge in [-0.05, 0) is 54.1 Å². The van der Waals surface area contributed by atoms with E-state index in [0.717, 1.165) is 12.1 Å². The van der Waals surface area contributed by atoms with Crippen LogP contribution >= 0.6 is 0 Å². The zero-order valence-electron chi connectivity index (χ0n) is 19.0. The Kier molecular flexibility index (Phi) is 5.81. The molecule has 0 fully saturated rings. The molecule has 0 aliphatic rings. The summed E-state index contributed by atoms with van der Waals surface area (Å²) in [5.41, 5.74) is 0.925. The van der Waals surface area contributed by atoms with E-state index >= 15 is 0 Å². The van der Waals surface area contributed by atoms with Crippen LogP contribution in [0.3, 0.4) is 0 Å². The first-order valence-electron chi connectivity index (χ1n) is 10.9. The maximum Gasteiger partial charge on any atom is 0.417 e. The van der Waals surface area contributed by atoms with Crippen LogP contribution in [0.5, 0.6) is 0 Å². The fraction of sp³-hybridized carbons (Fsp3) is 0.115. The number of hydrogen-bond acceptors (Lipinski definition) is 4. The number of halogens is 3. The third-order valence-corrected chi connectivity index (χ3v) is 5.73. The van der Waals surface area contributed by atoms with E-state index in [1.165, 1.54) is 23.0 Å². The summed E-state index contributed by atoms with van der Waals surface area (Å²) in [4.78, 5) is 13.3. The van der Waals surface area contributed by atoms with Gasteiger partial charge in [0, 0.05) is 29.8 Å². The monoisotopic (exact) mass is 491 g/mol. The number of hydrogen-bond donors (Lipinski definition) is 2. The fourth-order valence-electron chi connectivity index (χ4n) is 3.99. The molecule has 5 aromatic rings. The van der Waals surface area contributed by atoms with Gasteiger partial charge in [0.15, 0.2) is 0 Å². The first-order valence-corrected chi connectivity index (χ1v) is 10.9. The summed E-state index contributed by atoms with van der Waals surface area (Å²) < 4.78 is 44.0. The molecule has 2 heterocycles. The number of rotatable bonds is 5. The van der Waals surface area contributed by atoms with E-state index < -0.39 is 17.6 Å². The Labute approximate surface area is 203 Å². The smallest absolute Gasteiger partial charge is 0.392 e. The molecule has 0 radical (unpaired) electrons. The normalized spacial score (nSPS) is 11.7. The first-order chi connectivity index (χ1) is 17.2. The molecule has 2 aromatic heterocycles. The van der Waals surface area contributed by atoms with Gasteiger partial charge in [-0.25, -0.2) is 4.68 Å². The second-order valence-electron chi connectivity index (χ2n) is 8.19. The van der Waals surface area contributed by atoms with Crippen LogP contribution < -0.4 is 5.32 Å². The minimum atomic E-state index is -4.62. The molecule has 0 atom stereocenters. The SMILES string of the molecule is Cn1ccc(-c2cc(C(=O)Nc3c4cc(CO)ccc4nn3-c3ccccc3)ccc2C(F)(F)F)n1.